The summed E-state index contributed by atoms with van der Waals surface area (Å²) < 4.78 is 11.1. The van der Waals surface area contributed by atoms with Crippen LogP contribution in [-0.4, -0.2) is 45.3 Å². The quantitative estimate of drug-likeness (QED) is 0.730. The van der Waals surface area contributed by atoms with E-state index >= 15 is 0 Å². The summed E-state index contributed by atoms with van der Waals surface area (Å²) in [7, 11) is 5.78. The minimum Gasteiger partial charge on any atom is -0.493 e. The molecule has 0 aliphatic carbocycles. The van der Waals surface area contributed by atoms with Gasteiger partial charge in [-0.05, 0) is 51.6 Å². The summed E-state index contributed by atoms with van der Waals surface area (Å²) in [4.78, 5) is 2.15. The van der Waals surface area contributed by atoms with Crippen LogP contribution < -0.4 is 15.2 Å². The van der Waals surface area contributed by atoms with E-state index in [2.05, 4.69) is 19.0 Å². The lowest BCUT2D eigenvalue weighted by Gasteiger charge is -2.14. The largest absolute Gasteiger partial charge is 0.493 e. The molecular formula is C15H26N2O2. The second kappa shape index (κ2) is 8.02. The maximum atomic E-state index is 5.80. The standard InChI is InChI=1S/C15H26N2O2/c1-12(16)10-13-6-7-14(15(11-13)18-4)19-9-5-8-17(2)3/h6-7,11-12H,5,8-10,16H2,1-4H3. The predicted molar refractivity (Wildman–Crippen MR) is 79.0 cm³/mol. The van der Waals surface area contributed by atoms with E-state index in [9.17, 15) is 0 Å². The van der Waals surface area contributed by atoms with E-state index in [0.717, 1.165) is 30.9 Å². The molecule has 0 saturated carbocycles. The average Bonchev–Trinajstić information content (AvgIpc) is 2.34. The van der Waals surface area contributed by atoms with E-state index in [-0.39, 0.29) is 6.04 Å². The minimum absolute atomic E-state index is 0.150. The van der Waals surface area contributed by atoms with Crippen molar-refractivity contribution in [3.8, 4) is 11.5 Å². The molecule has 0 bridgehead atoms. The number of hydrogen-bond donors (Lipinski definition) is 1. The van der Waals surface area contributed by atoms with Gasteiger partial charge in [0.1, 0.15) is 0 Å². The molecule has 1 atom stereocenters. The maximum Gasteiger partial charge on any atom is 0.161 e. The van der Waals surface area contributed by atoms with Gasteiger partial charge in [0, 0.05) is 12.6 Å². The zero-order valence-corrected chi connectivity index (χ0v) is 12.5. The minimum atomic E-state index is 0.150. The molecule has 0 aliphatic heterocycles. The lowest BCUT2D eigenvalue weighted by molar-refractivity contribution is 0.268. The smallest absolute Gasteiger partial charge is 0.161 e. The molecule has 19 heavy (non-hydrogen) atoms. The van der Waals surface area contributed by atoms with Crippen LogP contribution in [0.3, 0.4) is 0 Å². The van der Waals surface area contributed by atoms with E-state index in [1.165, 1.54) is 5.56 Å². The van der Waals surface area contributed by atoms with Gasteiger partial charge in [-0.15, -0.1) is 0 Å². The normalized spacial score (nSPS) is 12.5. The average molecular weight is 266 g/mol. The molecule has 1 aromatic carbocycles. The summed E-state index contributed by atoms with van der Waals surface area (Å²) in [5.74, 6) is 1.58. The Labute approximate surface area is 116 Å². The van der Waals surface area contributed by atoms with E-state index in [0.29, 0.717) is 6.61 Å². The van der Waals surface area contributed by atoms with Crippen molar-refractivity contribution in [2.45, 2.75) is 25.8 Å². The van der Waals surface area contributed by atoms with Crippen molar-refractivity contribution in [1.29, 1.82) is 0 Å². The van der Waals surface area contributed by atoms with Crippen LogP contribution >= 0.6 is 0 Å². The Kier molecular flexibility index (Phi) is 6.67. The number of ether oxygens (including phenoxy) is 2. The van der Waals surface area contributed by atoms with Crippen LogP contribution in [0, 0.1) is 0 Å². The molecule has 0 saturated heterocycles. The van der Waals surface area contributed by atoms with Gasteiger partial charge >= 0.3 is 0 Å². The Balaban J connectivity index is 2.57. The van der Waals surface area contributed by atoms with Gasteiger partial charge in [0.25, 0.3) is 0 Å². The van der Waals surface area contributed by atoms with Crippen LogP contribution in [-0.2, 0) is 6.42 Å². The first-order valence-corrected chi connectivity index (χ1v) is 6.73. The van der Waals surface area contributed by atoms with E-state index in [4.69, 9.17) is 15.2 Å². The molecule has 108 valence electrons. The highest BCUT2D eigenvalue weighted by atomic mass is 16.5. The summed E-state index contributed by atoms with van der Waals surface area (Å²) in [6.45, 7) is 3.71. The molecule has 2 N–H and O–H groups in total. The van der Waals surface area contributed by atoms with Crippen molar-refractivity contribution in [1.82, 2.24) is 4.90 Å². The highest BCUT2D eigenvalue weighted by Gasteiger charge is 2.07. The van der Waals surface area contributed by atoms with Crippen molar-refractivity contribution in [3.63, 3.8) is 0 Å². The summed E-state index contributed by atoms with van der Waals surface area (Å²) in [5.41, 5.74) is 6.98. The Bertz CT molecular complexity index is 378. The molecule has 0 heterocycles. The molecule has 0 aliphatic rings. The Morgan fingerprint density at radius 2 is 2.00 bits per heavy atom. The summed E-state index contributed by atoms with van der Waals surface area (Å²) in [5, 5.41) is 0. The second-order valence-electron chi connectivity index (χ2n) is 5.17. The zero-order chi connectivity index (χ0) is 14.3. The predicted octanol–water partition coefficient (Wildman–Crippen LogP) is 1.92. The van der Waals surface area contributed by atoms with Crippen LogP contribution in [0.5, 0.6) is 11.5 Å². The van der Waals surface area contributed by atoms with Crippen molar-refractivity contribution < 1.29 is 9.47 Å². The third-order valence-electron chi connectivity index (χ3n) is 2.79. The van der Waals surface area contributed by atoms with Crippen molar-refractivity contribution in [3.05, 3.63) is 23.8 Å². The summed E-state index contributed by atoms with van der Waals surface area (Å²) >= 11 is 0. The van der Waals surface area contributed by atoms with Crippen molar-refractivity contribution in [2.24, 2.45) is 5.73 Å². The van der Waals surface area contributed by atoms with Gasteiger partial charge in [0.05, 0.1) is 13.7 Å². The van der Waals surface area contributed by atoms with E-state index in [1.54, 1.807) is 7.11 Å². The van der Waals surface area contributed by atoms with Crippen LogP contribution in [0.25, 0.3) is 0 Å². The molecular weight excluding hydrogens is 240 g/mol. The van der Waals surface area contributed by atoms with Crippen LogP contribution in [0.4, 0.5) is 0 Å². The van der Waals surface area contributed by atoms with Crippen molar-refractivity contribution >= 4 is 0 Å². The molecule has 0 aromatic heterocycles. The SMILES string of the molecule is COc1cc(CC(C)N)ccc1OCCCN(C)C. The Morgan fingerprint density at radius 1 is 1.26 bits per heavy atom. The topological polar surface area (TPSA) is 47.7 Å². The number of hydrogen-bond acceptors (Lipinski definition) is 4. The van der Waals surface area contributed by atoms with Gasteiger partial charge < -0.3 is 20.1 Å². The molecule has 0 fully saturated rings. The molecule has 1 aromatic rings. The highest BCUT2D eigenvalue weighted by Crippen LogP contribution is 2.28. The van der Waals surface area contributed by atoms with Gasteiger partial charge in [-0.3, -0.25) is 0 Å². The fourth-order valence-electron chi connectivity index (χ4n) is 1.89. The van der Waals surface area contributed by atoms with E-state index < -0.39 is 0 Å². The number of nitrogens with two attached hydrogens (primary N) is 1. The first-order valence-electron chi connectivity index (χ1n) is 6.73. The number of methoxy groups -OCH3 is 1. The van der Waals surface area contributed by atoms with Gasteiger partial charge in [0.2, 0.25) is 0 Å². The molecule has 0 spiro atoms. The maximum absolute atomic E-state index is 5.80. The van der Waals surface area contributed by atoms with E-state index in [1.807, 2.05) is 25.1 Å². The number of nitrogens with zero attached hydrogens (tertiary/aromatic N) is 1. The molecule has 4 heteroatoms. The van der Waals surface area contributed by atoms with Crippen LogP contribution in [0.15, 0.2) is 18.2 Å². The van der Waals surface area contributed by atoms with Gasteiger partial charge in [-0.25, -0.2) is 0 Å². The Hall–Kier alpha value is -1.26. The highest BCUT2D eigenvalue weighted by molar-refractivity contribution is 5.43. The second-order valence-corrected chi connectivity index (χ2v) is 5.17. The van der Waals surface area contributed by atoms with Gasteiger partial charge in [-0.2, -0.15) is 0 Å². The number of benzene rings is 1. The van der Waals surface area contributed by atoms with Gasteiger partial charge in [0.15, 0.2) is 11.5 Å². The van der Waals surface area contributed by atoms with Crippen LogP contribution in [0.1, 0.15) is 18.9 Å². The van der Waals surface area contributed by atoms with Crippen LogP contribution in [0.2, 0.25) is 0 Å². The third kappa shape index (κ3) is 5.94. The summed E-state index contributed by atoms with van der Waals surface area (Å²) in [6.07, 6.45) is 1.84. The Morgan fingerprint density at radius 3 is 2.58 bits per heavy atom. The molecule has 1 rings (SSSR count). The van der Waals surface area contributed by atoms with Gasteiger partial charge in [-0.1, -0.05) is 6.07 Å². The molecule has 0 amide bonds. The fraction of sp³-hybridized carbons (Fsp3) is 0.600. The lowest BCUT2D eigenvalue weighted by atomic mass is 10.1. The fourth-order valence-corrected chi connectivity index (χ4v) is 1.89. The number of rotatable bonds is 8. The first-order chi connectivity index (χ1) is 9.02. The lowest BCUT2D eigenvalue weighted by Crippen LogP contribution is -2.17. The zero-order valence-electron chi connectivity index (χ0n) is 12.5. The molecule has 1 unspecified atom stereocenters. The summed E-state index contributed by atoms with van der Waals surface area (Å²) in [6, 6.07) is 6.17. The third-order valence-corrected chi connectivity index (χ3v) is 2.79. The monoisotopic (exact) mass is 266 g/mol. The van der Waals surface area contributed by atoms with Crippen molar-refractivity contribution in [2.75, 3.05) is 34.4 Å². The molecule has 0 radical (unpaired) electrons. The first kappa shape index (κ1) is 15.8. The molecule has 4 nitrogen and oxygen atoms in total.